The van der Waals surface area contributed by atoms with Crippen molar-refractivity contribution >= 4 is 11.8 Å². The van der Waals surface area contributed by atoms with Gasteiger partial charge in [0.05, 0.1) is 6.04 Å². The average Bonchev–Trinajstić information content (AvgIpc) is 2.85. The second kappa shape index (κ2) is 15.1. The van der Waals surface area contributed by atoms with Crippen LogP contribution >= 0.6 is 0 Å². The largest absolute Gasteiger partial charge is 0.343 e. The van der Waals surface area contributed by atoms with Gasteiger partial charge in [-0.25, -0.2) is 0 Å². The van der Waals surface area contributed by atoms with E-state index in [1.807, 2.05) is 44.2 Å². The summed E-state index contributed by atoms with van der Waals surface area (Å²) in [6, 6.07) is 8.99. The van der Waals surface area contributed by atoms with Gasteiger partial charge in [0, 0.05) is 19.0 Å². The number of nitrogens with zero attached hydrogens (tertiary/aromatic N) is 1. The SMILES string of the molecule is CC[C@@H](C)[C@@H](N)C(=O)N[C@@H](Cc1ccccc1)C(=O)N(CCCCCCN)C1CCCCC1. The number of carbonyl (C=O) groups is 2. The number of hydrogen-bond donors (Lipinski definition) is 3. The number of amides is 2. The maximum absolute atomic E-state index is 13.9. The minimum Gasteiger partial charge on any atom is -0.343 e. The third-order valence-electron chi connectivity index (χ3n) is 7.11. The Morgan fingerprint density at radius 1 is 1.06 bits per heavy atom. The van der Waals surface area contributed by atoms with Crippen molar-refractivity contribution in [2.24, 2.45) is 17.4 Å². The van der Waals surface area contributed by atoms with Crippen molar-refractivity contribution in [1.82, 2.24) is 10.2 Å². The Labute approximate surface area is 200 Å². The van der Waals surface area contributed by atoms with Crippen LogP contribution in [-0.2, 0) is 16.0 Å². The van der Waals surface area contributed by atoms with Gasteiger partial charge in [-0.1, -0.05) is 82.7 Å². The van der Waals surface area contributed by atoms with Crippen LogP contribution in [0.5, 0.6) is 0 Å². The molecule has 0 heterocycles. The Bertz CT molecular complexity index is 691. The lowest BCUT2D eigenvalue weighted by Gasteiger charge is -2.37. The van der Waals surface area contributed by atoms with Crippen LogP contribution in [0.3, 0.4) is 0 Å². The first-order valence-electron chi connectivity index (χ1n) is 13.1. The number of nitrogens with one attached hydrogen (secondary N) is 1. The fourth-order valence-electron chi connectivity index (χ4n) is 4.68. The van der Waals surface area contributed by atoms with Crippen LogP contribution in [0.25, 0.3) is 0 Å². The number of unbranched alkanes of at least 4 members (excludes halogenated alkanes) is 3. The van der Waals surface area contributed by atoms with Crippen LogP contribution in [0.15, 0.2) is 30.3 Å². The van der Waals surface area contributed by atoms with E-state index in [4.69, 9.17) is 11.5 Å². The van der Waals surface area contributed by atoms with Crippen LogP contribution in [-0.4, -0.2) is 47.9 Å². The van der Waals surface area contributed by atoms with Crippen LogP contribution in [0.4, 0.5) is 0 Å². The van der Waals surface area contributed by atoms with E-state index in [0.717, 1.165) is 69.9 Å². The van der Waals surface area contributed by atoms with E-state index in [1.54, 1.807) is 0 Å². The van der Waals surface area contributed by atoms with Crippen molar-refractivity contribution in [2.75, 3.05) is 13.1 Å². The topological polar surface area (TPSA) is 101 Å². The van der Waals surface area contributed by atoms with Crippen molar-refractivity contribution in [3.63, 3.8) is 0 Å². The van der Waals surface area contributed by atoms with Gasteiger partial charge in [0.25, 0.3) is 0 Å². The molecule has 0 aromatic heterocycles. The number of carbonyl (C=O) groups excluding carboxylic acids is 2. The van der Waals surface area contributed by atoms with Gasteiger partial charge in [0.15, 0.2) is 0 Å². The van der Waals surface area contributed by atoms with Crippen molar-refractivity contribution in [3.8, 4) is 0 Å². The number of nitrogens with two attached hydrogens (primary N) is 2. The summed E-state index contributed by atoms with van der Waals surface area (Å²) < 4.78 is 0. The Hall–Kier alpha value is -1.92. The van der Waals surface area contributed by atoms with Crippen LogP contribution in [0.1, 0.15) is 83.6 Å². The summed E-state index contributed by atoms with van der Waals surface area (Å²) in [7, 11) is 0. The fourth-order valence-corrected chi connectivity index (χ4v) is 4.68. The van der Waals surface area contributed by atoms with E-state index >= 15 is 0 Å². The maximum atomic E-state index is 13.9. The average molecular weight is 459 g/mol. The molecule has 33 heavy (non-hydrogen) atoms. The van der Waals surface area contributed by atoms with Crippen molar-refractivity contribution in [2.45, 2.75) is 103 Å². The minimum absolute atomic E-state index is 0.0364. The van der Waals surface area contributed by atoms with Gasteiger partial charge in [-0.15, -0.1) is 0 Å². The second-order valence-electron chi connectivity index (χ2n) is 9.69. The van der Waals surface area contributed by atoms with E-state index < -0.39 is 12.1 Å². The summed E-state index contributed by atoms with van der Waals surface area (Å²) in [6.45, 7) is 5.47. The van der Waals surface area contributed by atoms with Gasteiger partial charge < -0.3 is 21.7 Å². The zero-order valence-electron chi connectivity index (χ0n) is 20.8. The van der Waals surface area contributed by atoms with Crippen molar-refractivity contribution in [1.29, 1.82) is 0 Å². The van der Waals surface area contributed by atoms with E-state index in [-0.39, 0.29) is 23.8 Å². The van der Waals surface area contributed by atoms with E-state index in [1.165, 1.54) is 6.42 Å². The number of benzene rings is 1. The quantitative estimate of drug-likeness (QED) is 0.369. The Morgan fingerprint density at radius 3 is 2.36 bits per heavy atom. The molecule has 2 amide bonds. The molecule has 1 aromatic rings. The molecular formula is C27H46N4O2. The summed E-state index contributed by atoms with van der Waals surface area (Å²) in [5.41, 5.74) is 12.9. The molecule has 5 N–H and O–H groups in total. The zero-order valence-corrected chi connectivity index (χ0v) is 20.8. The minimum atomic E-state index is -0.611. The standard InChI is InChI=1S/C27H46N4O2/c1-3-21(2)25(29)26(32)30-24(20-22-14-8-6-9-15-22)27(33)31(19-13-5-4-12-18-28)23-16-10-7-11-17-23/h6,8-9,14-15,21,23-25H,3-5,7,10-13,16-20,28-29H2,1-2H3,(H,30,32)/t21-,24+,25-/m1/s1. The summed E-state index contributed by atoms with van der Waals surface area (Å²) in [5.74, 6) is -0.131. The lowest BCUT2D eigenvalue weighted by molar-refractivity contribution is -0.139. The third kappa shape index (κ3) is 9.09. The first kappa shape index (κ1) is 27.3. The molecule has 1 aliphatic rings. The molecule has 6 nitrogen and oxygen atoms in total. The van der Waals surface area contributed by atoms with E-state index in [2.05, 4.69) is 10.2 Å². The molecule has 2 rings (SSSR count). The molecule has 1 fully saturated rings. The molecule has 1 saturated carbocycles. The Balaban J connectivity index is 2.18. The molecule has 1 aromatic carbocycles. The highest BCUT2D eigenvalue weighted by Crippen LogP contribution is 2.24. The molecule has 3 atom stereocenters. The summed E-state index contributed by atoms with van der Waals surface area (Å²) in [4.78, 5) is 28.9. The molecule has 0 saturated heterocycles. The maximum Gasteiger partial charge on any atom is 0.245 e. The monoisotopic (exact) mass is 458 g/mol. The van der Waals surface area contributed by atoms with Gasteiger partial charge >= 0.3 is 0 Å². The Morgan fingerprint density at radius 2 is 1.73 bits per heavy atom. The molecule has 6 heteroatoms. The molecule has 0 radical (unpaired) electrons. The first-order valence-corrected chi connectivity index (χ1v) is 13.1. The van der Waals surface area contributed by atoms with Gasteiger partial charge in [-0.05, 0) is 43.7 Å². The third-order valence-corrected chi connectivity index (χ3v) is 7.11. The molecule has 0 unspecified atom stereocenters. The van der Waals surface area contributed by atoms with Crippen LogP contribution in [0.2, 0.25) is 0 Å². The molecule has 0 aliphatic heterocycles. The van der Waals surface area contributed by atoms with E-state index in [9.17, 15) is 9.59 Å². The summed E-state index contributed by atoms with van der Waals surface area (Å²) >= 11 is 0. The van der Waals surface area contributed by atoms with Gasteiger partial charge in [-0.2, -0.15) is 0 Å². The van der Waals surface area contributed by atoms with Gasteiger partial charge in [-0.3, -0.25) is 9.59 Å². The molecule has 186 valence electrons. The number of rotatable bonds is 14. The highest BCUT2D eigenvalue weighted by Gasteiger charge is 2.33. The smallest absolute Gasteiger partial charge is 0.245 e. The summed E-state index contributed by atoms with van der Waals surface area (Å²) in [5, 5.41) is 3.04. The Kier molecular flexibility index (Phi) is 12.5. The lowest BCUT2D eigenvalue weighted by Crippen LogP contribution is -2.56. The molecular weight excluding hydrogens is 412 g/mol. The van der Waals surface area contributed by atoms with Gasteiger partial charge in [0.2, 0.25) is 11.8 Å². The van der Waals surface area contributed by atoms with Gasteiger partial charge in [0.1, 0.15) is 6.04 Å². The lowest BCUT2D eigenvalue weighted by atomic mass is 9.92. The fraction of sp³-hybridized carbons (Fsp3) is 0.704. The molecule has 1 aliphatic carbocycles. The van der Waals surface area contributed by atoms with Crippen LogP contribution < -0.4 is 16.8 Å². The highest BCUT2D eigenvalue weighted by atomic mass is 16.2. The predicted octanol–water partition coefficient (Wildman–Crippen LogP) is 3.77. The van der Waals surface area contributed by atoms with Crippen molar-refractivity contribution in [3.05, 3.63) is 35.9 Å². The number of hydrogen-bond acceptors (Lipinski definition) is 4. The predicted molar refractivity (Wildman–Crippen MR) is 136 cm³/mol. The second-order valence-corrected chi connectivity index (χ2v) is 9.69. The zero-order chi connectivity index (χ0) is 24.1. The van der Waals surface area contributed by atoms with Crippen LogP contribution in [0, 0.1) is 5.92 Å². The highest BCUT2D eigenvalue weighted by molar-refractivity contribution is 5.90. The first-order chi connectivity index (χ1) is 16.0. The van der Waals surface area contributed by atoms with Crippen molar-refractivity contribution < 1.29 is 9.59 Å². The summed E-state index contributed by atoms with van der Waals surface area (Å²) in [6.07, 6.45) is 11.1. The molecule has 0 spiro atoms. The molecule has 0 bridgehead atoms. The van der Waals surface area contributed by atoms with E-state index in [0.29, 0.717) is 13.0 Å². The normalized spacial score (nSPS) is 17.2.